The van der Waals surface area contributed by atoms with Crippen molar-refractivity contribution in [2.45, 2.75) is 6.92 Å². The van der Waals surface area contributed by atoms with E-state index in [0.717, 1.165) is 0 Å². The Morgan fingerprint density at radius 3 is 2.00 bits per heavy atom. The predicted octanol–water partition coefficient (Wildman–Crippen LogP) is -7.07. The molecule has 0 saturated carbocycles. The van der Waals surface area contributed by atoms with Crippen LogP contribution in [0.5, 0.6) is 0 Å². The van der Waals surface area contributed by atoms with Gasteiger partial charge in [-0.25, -0.2) is 0 Å². The van der Waals surface area contributed by atoms with E-state index in [0.29, 0.717) is 0 Å². The van der Waals surface area contributed by atoms with Crippen LogP contribution in [0.2, 0.25) is 0 Å². The molecule has 54 valence electrons. The molecule has 0 amide bonds. The molecule has 0 radical (unpaired) electrons. The van der Waals surface area contributed by atoms with Gasteiger partial charge in [0, 0.05) is 0 Å². The third kappa shape index (κ3) is 7.96. The first-order valence-corrected chi connectivity index (χ1v) is 3.72. The molecule has 5 nitrogen and oxygen atoms in total. The van der Waals surface area contributed by atoms with Gasteiger partial charge >= 0.3 is 59.1 Å². The van der Waals surface area contributed by atoms with Gasteiger partial charge in [-0.05, 0) is 6.92 Å². The molecule has 0 rings (SSSR count). The van der Waals surface area contributed by atoms with Gasteiger partial charge in [0.15, 0.2) is 7.60 Å². The smallest absolute Gasteiger partial charge is 0.774 e. The van der Waals surface area contributed by atoms with E-state index in [1.165, 1.54) is 6.92 Å². The molecule has 1 unspecified atom stereocenters. The summed E-state index contributed by atoms with van der Waals surface area (Å²) in [5.74, 6) is 0. The molecule has 0 bridgehead atoms. The standard InChI is InChI=1S/C3H7O5P.2Na/c1-2-8-9(6,7)3(4)5;;/h2H2,1H3,(H,4,5)(H,6,7);;/q;2*+1/p-2. The second-order valence-electron chi connectivity index (χ2n) is 1.18. The molecule has 0 N–H and O–H groups in total. The van der Waals surface area contributed by atoms with Crippen LogP contribution in [0.3, 0.4) is 0 Å². The van der Waals surface area contributed by atoms with E-state index in [9.17, 15) is 19.4 Å². The van der Waals surface area contributed by atoms with Crippen molar-refractivity contribution < 1.29 is 83.0 Å². The Kier molecular flexibility index (Phi) is 13.8. The molecule has 0 aromatic rings. The van der Waals surface area contributed by atoms with Gasteiger partial charge in [0.05, 0.1) is 6.61 Å². The van der Waals surface area contributed by atoms with Crippen molar-refractivity contribution in [1.82, 2.24) is 0 Å². The average molecular weight is 198 g/mol. The molecule has 0 aromatic carbocycles. The molecule has 8 heteroatoms. The Hall–Kier alpha value is 1.62. The van der Waals surface area contributed by atoms with Gasteiger partial charge in [-0.1, -0.05) is 0 Å². The summed E-state index contributed by atoms with van der Waals surface area (Å²) in [6, 6.07) is 0. The van der Waals surface area contributed by atoms with E-state index in [1.54, 1.807) is 0 Å². The molecule has 0 fully saturated rings. The molecule has 11 heavy (non-hydrogen) atoms. The van der Waals surface area contributed by atoms with Gasteiger partial charge < -0.3 is 23.9 Å². The Labute approximate surface area is 109 Å². The van der Waals surface area contributed by atoms with Crippen LogP contribution in [0.25, 0.3) is 0 Å². The number of carbonyl (C=O) groups excluding carboxylic acids is 1. The average Bonchev–Trinajstić information content (AvgIpc) is 1.65. The summed E-state index contributed by atoms with van der Waals surface area (Å²) in [6.45, 7) is 1.18. The topological polar surface area (TPSA) is 89.5 Å². The molecule has 0 aliphatic rings. The van der Waals surface area contributed by atoms with E-state index >= 15 is 0 Å². The normalized spacial score (nSPS) is 13.6. The molecule has 1 atom stereocenters. The zero-order chi connectivity index (χ0) is 7.49. The minimum absolute atomic E-state index is 0. The number of carboxylic acid groups (broad SMARTS) is 1. The Bertz CT molecular complexity index is 160. The molecule has 0 aromatic heterocycles. The van der Waals surface area contributed by atoms with Crippen molar-refractivity contribution in [1.29, 1.82) is 0 Å². The second kappa shape index (κ2) is 8.23. The van der Waals surface area contributed by atoms with Crippen molar-refractivity contribution in [3.8, 4) is 0 Å². The van der Waals surface area contributed by atoms with Crippen molar-refractivity contribution >= 4 is 13.3 Å². The van der Waals surface area contributed by atoms with Crippen LogP contribution in [-0.2, 0) is 9.09 Å². The van der Waals surface area contributed by atoms with Gasteiger partial charge in [-0.15, -0.1) is 0 Å². The van der Waals surface area contributed by atoms with Crippen molar-refractivity contribution in [2.75, 3.05) is 6.61 Å². The van der Waals surface area contributed by atoms with Gasteiger partial charge in [-0.2, -0.15) is 0 Å². The van der Waals surface area contributed by atoms with Gasteiger partial charge in [-0.3, -0.25) is 0 Å². The second-order valence-corrected chi connectivity index (χ2v) is 2.80. The minimum Gasteiger partial charge on any atom is -0.774 e. The molecule has 0 spiro atoms. The fraction of sp³-hybridized carbons (Fsp3) is 0.667. The molecule has 0 aliphatic carbocycles. The maximum Gasteiger partial charge on any atom is 1.00 e. The van der Waals surface area contributed by atoms with Crippen LogP contribution in [0.15, 0.2) is 0 Å². The van der Waals surface area contributed by atoms with E-state index in [4.69, 9.17) is 0 Å². The third-order valence-electron chi connectivity index (χ3n) is 0.523. The zero-order valence-electron chi connectivity index (χ0n) is 6.70. The van der Waals surface area contributed by atoms with Gasteiger partial charge in [0.25, 0.3) is 0 Å². The van der Waals surface area contributed by atoms with Gasteiger partial charge in [0.2, 0.25) is 0 Å². The fourth-order valence-corrected chi connectivity index (χ4v) is 0.668. The van der Waals surface area contributed by atoms with Gasteiger partial charge in [0.1, 0.15) is 5.71 Å². The molecule has 0 heterocycles. The zero-order valence-corrected chi connectivity index (χ0v) is 11.6. The summed E-state index contributed by atoms with van der Waals surface area (Å²) < 4.78 is 13.9. The Morgan fingerprint density at radius 1 is 1.55 bits per heavy atom. The largest absolute Gasteiger partial charge is 1.00 e. The number of hydrogen-bond acceptors (Lipinski definition) is 5. The van der Waals surface area contributed by atoms with Crippen LogP contribution in [0, 0.1) is 0 Å². The molecular formula is C3H5Na2O5P. The summed E-state index contributed by atoms with van der Waals surface area (Å²) >= 11 is 0. The molecule has 0 aliphatic heterocycles. The van der Waals surface area contributed by atoms with E-state index in [2.05, 4.69) is 4.52 Å². The summed E-state index contributed by atoms with van der Waals surface area (Å²) in [7, 11) is -4.71. The van der Waals surface area contributed by atoms with E-state index in [-0.39, 0.29) is 65.7 Å². The third-order valence-corrected chi connectivity index (χ3v) is 1.57. The summed E-state index contributed by atoms with van der Waals surface area (Å²) in [6.07, 6.45) is 0. The first-order chi connectivity index (χ1) is 4.00. The molecular weight excluding hydrogens is 193 g/mol. The summed E-state index contributed by atoms with van der Waals surface area (Å²) in [4.78, 5) is 19.7. The number of hydrogen-bond donors (Lipinski definition) is 0. The van der Waals surface area contributed by atoms with Crippen molar-refractivity contribution in [3.63, 3.8) is 0 Å². The maximum absolute atomic E-state index is 10.1. The summed E-state index contributed by atoms with van der Waals surface area (Å²) in [5, 5.41) is 9.60. The van der Waals surface area contributed by atoms with Crippen LogP contribution < -0.4 is 69.1 Å². The van der Waals surface area contributed by atoms with Crippen LogP contribution in [-0.4, -0.2) is 12.3 Å². The van der Waals surface area contributed by atoms with Crippen molar-refractivity contribution in [3.05, 3.63) is 0 Å². The number of carbonyl (C=O) groups is 1. The first-order valence-electron chi connectivity index (χ1n) is 2.18. The van der Waals surface area contributed by atoms with Crippen LogP contribution >= 0.6 is 7.60 Å². The number of rotatable bonds is 3. The van der Waals surface area contributed by atoms with E-state index in [1.807, 2.05) is 0 Å². The van der Waals surface area contributed by atoms with Crippen LogP contribution in [0.1, 0.15) is 6.92 Å². The minimum atomic E-state index is -4.71. The monoisotopic (exact) mass is 198 g/mol. The van der Waals surface area contributed by atoms with Crippen molar-refractivity contribution in [2.24, 2.45) is 0 Å². The first kappa shape index (κ1) is 18.4. The van der Waals surface area contributed by atoms with Crippen LogP contribution in [0.4, 0.5) is 4.79 Å². The Balaban J connectivity index is -0.000000320. The predicted molar refractivity (Wildman–Crippen MR) is 24.6 cm³/mol. The fourth-order valence-electron chi connectivity index (χ4n) is 0.223. The molecule has 0 saturated heterocycles. The van der Waals surface area contributed by atoms with E-state index < -0.39 is 13.3 Å². The maximum atomic E-state index is 10.1. The summed E-state index contributed by atoms with van der Waals surface area (Å²) in [5.41, 5.74) is -2.18. The quantitative estimate of drug-likeness (QED) is 0.332. The Morgan fingerprint density at radius 2 is 1.91 bits per heavy atom. The SMILES string of the molecule is CCOP(=O)([O-])C(=O)[O-].[Na+].[Na+].